The van der Waals surface area contributed by atoms with E-state index in [4.69, 9.17) is 4.74 Å². The smallest absolute Gasteiger partial charge is 0.250 e. The van der Waals surface area contributed by atoms with Crippen molar-refractivity contribution in [2.45, 2.75) is 33.4 Å². The number of nitrogens with one attached hydrogen (secondary N) is 1. The molecule has 2 amide bonds. The Kier molecular flexibility index (Phi) is 6.93. The van der Waals surface area contributed by atoms with Crippen molar-refractivity contribution in [1.29, 1.82) is 0 Å². The summed E-state index contributed by atoms with van der Waals surface area (Å²) in [5, 5.41) is 7.87. The molecule has 1 fully saturated rings. The molecule has 1 aliphatic rings. The number of rotatable bonds is 6. The van der Waals surface area contributed by atoms with Crippen LogP contribution in [0, 0.1) is 13.8 Å². The molecule has 0 spiro atoms. The number of benzene rings is 1. The third-order valence-corrected chi connectivity index (χ3v) is 6.37. The molecule has 0 aliphatic carbocycles. The minimum Gasteiger partial charge on any atom is -0.377 e. The predicted molar refractivity (Wildman–Crippen MR) is 139 cm³/mol. The highest BCUT2D eigenvalue weighted by atomic mass is 16.5. The Labute approximate surface area is 218 Å². The highest BCUT2D eigenvalue weighted by Crippen LogP contribution is 2.27. The van der Waals surface area contributed by atoms with E-state index in [1.54, 1.807) is 24.5 Å². The number of hydrogen-bond donors (Lipinski definition) is 1. The summed E-state index contributed by atoms with van der Waals surface area (Å²) >= 11 is 0. The van der Waals surface area contributed by atoms with Gasteiger partial charge in [0.25, 0.3) is 5.91 Å². The molecule has 11 nitrogen and oxygen atoms in total. The maximum absolute atomic E-state index is 13.4. The van der Waals surface area contributed by atoms with Crippen LogP contribution in [0.2, 0.25) is 0 Å². The number of fused-ring (bicyclic) bond motifs is 1. The van der Waals surface area contributed by atoms with Gasteiger partial charge in [-0.3, -0.25) is 19.1 Å². The van der Waals surface area contributed by atoms with Gasteiger partial charge in [-0.15, -0.1) is 0 Å². The molecule has 11 heteroatoms. The number of nitrogens with zero attached hydrogens (tertiary/aromatic N) is 6. The number of aryl methyl sites for hydroxylation is 2. The molecule has 0 saturated carbocycles. The largest absolute Gasteiger partial charge is 0.377 e. The average Bonchev–Trinajstić information content (AvgIpc) is 3.27. The Morgan fingerprint density at radius 3 is 2.61 bits per heavy atom. The minimum absolute atomic E-state index is 0.0733. The van der Waals surface area contributed by atoms with Crippen LogP contribution in [0.5, 0.6) is 0 Å². The van der Waals surface area contributed by atoms with E-state index in [-0.39, 0.29) is 43.0 Å². The molecule has 0 unspecified atom stereocenters. The summed E-state index contributed by atoms with van der Waals surface area (Å²) in [5.74, 6) is 0.174. The van der Waals surface area contributed by atoms with E-state index in [2.05, 4.69) is 25.4 Å². The SMILES string of the molecule is CC(=O)c1nn(CC(=O)N2CCOC[C@H]2C(=O)Nc2cccc(C)n2)c2ccc(-c3cnc(C)nc3)cc12. The number of carbonyl (C=O) groups excluding carboxylic acids is 3. The minimum atomic E-state index is -0.819. The first-order chi connectivity index (χ1) is 18.3. The lowest BCUT2D eigenvalue weighted by Gasteiger charge is -2.34. The van der Waals surface area contributed by atoms with Gasteiger partial charge in [0.2, 0.25) is 5.91 Å². The van der Waals surface area contributed by atoms with E-state index in [0.29, 0.717) is 29.2 Å². The second-order valence-corrected chi connectivity index (χ2v) is 9.14. The van der Waals surface area contributed by atoms with Crippen LogP contribution in [0.15, 0.2) is 48.8 Å². The summed E-state index contributed by atoms with van der Waals surface area (Å²) in [4.78, 5) is 53.2. The third-order valence-electron chi connectivity index (χ3n) is 6.37. The van der Waals surface area contributed by atoms with Crippen molar-refractivity contribution in [3.05, 3.63) is 66.0 Å². The van der Waals surface area contributed by atoms with E-state index in [0.717, 1.165) is 16.8 Å². The summed E-state index contributed by atoms with van der Waals surface area (Å²) in [6, 6.07) is 10.1. The summed E-state index contributed by atoms with van der Waals surface area (Å²) in [6.07, 6.45) is 3.45. The van der Waals surface area contributed by atoms with Gasteiger partial charge in [-0.25, -0.2) is 15.0 Å². The molecule has 3 aromatic heterocycles. The van der Waals surface area contributed by atoms with Gasteiger partial charge < -0.3 is 15.0 Å². The molecule has 0 radical (unpaired) electrons. The highest BCUT2D eigenvalue weighted by molar-refractivity contribution is 6.06. The number of ketones is 1. The predicted octanol–water partition coefficient (Wildman–Crippen LogP) is 2.57. The van der Waals surface area contributed by atoms with Crippen molar-refractivity contribution >= 4 is 34.3 Å². The number of pyridine rings is 1. The maximum Gasteiger partial charge on any atom is 0.250 e. The Balaban J connectivity index is 1.40. The topological polar surface area (TPSA) is 132 Å². The average molecular weight is 514 g/mol. The molecule has 5 rings (SSSR count). The maximum atomic E-state index is 13.4. The molecular weight excluding hydrogens is 486 g/mol. The first-order valence-electron chi connectivity index (χ1n) is 12.2. The summed E-state index contributed by atoms with van der Waals surface area (Å²) in [5.41, 5.74) is 3.31. The zero-order valence-corrected chi connectivity index (χ0v) is 21.3. The van der Waals surface area contributed by atoms with Gasteiger partial charge in [0, 0.05) is 42.5 Å². The van der Waals surface area contributed by atoms with Gasteiger partial charge in [-0.2, -0.15) is 5.10 Å². The Hall–Kier alpha value is -4.51. The molecule has 1 N–H and O–H groups in total. The van der Waals surface area contributed by atoms with Gasteiger partial charge in [-0.1, -0.05) is 12.1 Å². The zero-order valence-electron chi connectivity index (χ0n) is 21.3. The summed E-state index contributed by atoms with van der Waals surface area (Å²) in [6.45, 7) is 5.60. The van der Waals surface area contributed by atoms with Crippen LogP contribution in [-0.4, -0.2) is 73.0 Å². The Bertz CT molecular complexity index is 1530. The lowest BCUT2D eigenvalue weighted by atomic mass is 10.0. The van der Waals surface area contributed by atoms with Crippen LogP contribution in [-0.2, 0) is 20.9 Å². The number of Topliss-reactive ketones (excluding diaryl/α,β-unsaturated/α-hetero) is 1. The summed E-state index contributed by atoms with van der Waals surface area (Å²) < 4.78 is 7.02. The van der Waals surface area contributed by atoms with Gasteiger partial charge in [0.05, 0.1) is 18.7 Å². The Morgan fingerprint density at radius 2 is 1.87 bits per heavy atom. The lowest BCUT2D eigenvalue weighted by Crippen LogP contribution is -2.55. The van der Waals surface area contributed by atoms with E-state index in [9.17, 15) is 14.4 Å². The fourth-order valence-electron chi connectivity index (χ4n) is 4.44. The van der Waals surface area contributed by atoms with Gasteiger partial charge >= 0.3 is 0 Å². The van der Waals surface area contributed by atoms with Crippen molar-refractivity contribution in [1.82, 2.24) is 29.6 Å². The number of ether oxygens (including phenoxy) is 1. The van der Waals surface area contributed by atoms with Crippen LogP contribution in [0.4, 0.5) is 5.82 Å². The normalized spacial score (nSPS) is 15.4. The number of anilines is 1. The molecule has 194 valence electrons. The number of morpholine rings is 1. The molecule has 0 bridgehead atoms. The van der Waals surface area contributed by atoms with Crippen LogP contribution < -0.4 is 5.32 Å². The fraction of sp³-hybridized carbons (Fsp3) is 0.296. The standard InChI is InChI=1S/C27H27N7O4/c1-16-5-4-6-24(30-16)31-27(37)23-15-38-10-9-33(23)25(36)14-34-22-8-7-19(20-12-28-18(3)29-13-20)11-21(22)26(32-34)17(2)35/h4-8,11-13,23H,9-10,14-15H2,1-3H3,(H,30,31,37)/t23-/m0/s1. The second kappa shape index (κ2) is 10.5. The van der Waals surface area contributed by atoms with Crippen molar-refractivity contribution in [2.75, 3.05) is 25.1 Å². The van der Waals surface area contributed by atoms with Gasteiger partial charge in [-0.05, 0) is 43.7 Å². The third kappa shape index (κ3) is 5.14. The molecule has 1 saturated heterocycles. The van der Waals surface area contributed by atoms with E-state index < -0.39 is 6.04 Å². The molecule has 4 heterocycles. The zero-order chi connectivity index (χ0) is 26.8. The van der Waals surface area contributed by atoms with E-state index in [1.165, 1.54) is 16.5 Å². The quantitative estimate of drug-likeness (QED) is 0.389. The molecule has 38 heavy (non-hydrogen) atoms. The van der Waals surface area contributed by atoms with Crippen molar-refractivity contribution in [3.8, 4) is 11.1 Å². The molecular formula is C27H27N7O4. The monoisotopic (exact) mass is 513 g/mol. The molecule has 1 aromatic carbocycles. The van der Waals surface area contributed by atoms with Crippen molar-refractivity contribution in [2.24, 2.45) is 0 Å². The molecule has 4 aromatic rings. The second-order valence-electron chi connectivity index (χ2n) is 9.14. The lowest BCUT2D eigenvalue weighted by molar-refractivity contribution is -0.146. The van der Waals surface area contributed by atoms with Crippen LogP contribution in [0.3, 0.4) is 0 Å². The first kappa shape index (κ1) is 25.2. The number of carbonyl (C=O) groups is 3. The van der Waals surface area contributed by atoms with Crippen molar-refractivity contribution < 1.29 is 19.1 Å². The highest BCUT2D eigenvalue weighted by Gasteiger charge is 2.33. The van der Waals surface area contributed by atoms with E-state index in [1.807, 2.05) is 38.1 Å². The molecule has 1 atom stereocenters. The van der Waals surface area contributed by atoms with Crippen molar-refractivity contribution in [3.63, 3.8) is 0 Å². The first-order valence-corrected chi connectivity index (χ1v) is 12.2. The van der Waals surface area contributed by atoms with Crippen LogP contribution in [0.25, 0.3) is 22.0 Å². The number of aromatic nitrogens is 5. The van der Waals surface area contributed by atoms with Gasteiger partial charge in [0.1, 0.15) is 29.9 Å². The van der Waals surface area contributed by atoms with Crippen LogP contribution in [0.1, 0.15) is 28.9 Å². The fourth-order valence-corrected chi connectivity index (χ4v) is 4.44. The Morgan fingerprint density at radius 1 is 1.08 bits per heavy atom. The number of amides is 2. The molecule has 1 aliphatic heterocycles. The summed E-state index contributed by atoms with van der Waals surface area (Å²) in [7, 11) is 0. The number of hydrogen-bond acceptors (Lipinski definition) is 8. The van der Waals surface area contributed by atoms with Crippen LogP contribution >= 0.6 is 0 Å². The van der Waals surface area contributed by atoms with E-state index >= 15 is 0 Å². The van der Waals surface area contributed by atoms with Gasteiger partial charge in [0.15, 0.2) is 5.78 Å².